The Hall–Kier alpha value is -2.95. The molecule has 0 atom stereocenters. The van der Waals surface area contributed by atoms with Gasteiger partial charge in [-0.05, 0) is 32.0 Å². The molecule has 0 saturated heterocycles. The number of carbonyl (C=O) groups excluding carboxylic acids is 1. The molecule has 116 valence electrons. The number of hydrogen-bond donors (Lipinski definition) is 1. The molecule has 0 radical (unpaired) electrons. The van der Waals surface area contributed by atoms with E-state index in [1.807, 2.05) is 50.2 Å². The molecule has 0 spiro atoms. The molecular weight excluding hydrogens is 290 g/mol. The average molecular weight is 307 g/mol. The minimum Gasteiger partial charge on any atom is -0.343 e. The smallest absolute Gasteiger partial charge is 0.251 e. The standard InChI is InChI=1S/C18H17N3O2/c1-12-6-8-14(9-7-12)18(22)19-11-16-20-17(21-23-16)15-5-3-4-13(2)10-15/h3-10H,11H2,1-2H3,(H,19,22). The summed E-state index contributed by atoms with van der Waals surface area (Å²) in [6, 6.07) is 15.2. The summed E-state index contributed by atoms with van der Waals surface area (Å²) in [5.41, 5.74) is 3.74. The highest BCUT2D eigenvalue weighted by Gasteiger charge is 2.11. The number of aromatic nitrogens is 2. The number of nitrogens with one attached hydrogen (secondary N) is 1. The summed E-state index contributed by atoms with van der Waals surface area (Å²) in [5.74, 6) is 0.732. The second kappa shape index (κ2) is 6.44. The Morgan fingerprint density at radius 1 is 1.09 bits per heavy atom. The Morgan fingerprint density at radius 3 is 2.61 bits per heavy atom. The van der Waals surface area contributed by atoms with E-state index in [2.05, 4.69) is 15.5 Å². The molecule has 23 heavy (non-hydrogen) atoms. The molecule has 0 aliphatic heterocycles. The minimum absolute atomic E-state index is 0.166. The van der Waals surface area contributed by atoms with Crippen LogP contribution in [-0.4, -0.2) is 16.0 Å². The van der Waals surface area contributed by atoms with Gasteiger partial charge in [0, 0.05) is 11.1 Å². The molecule has 0 bridgehead atoms. The lowest BCUT2D eigenvalue weighted by Crippen LogP contribution is -2.22. The van der Waals surface area contributed by atoms with Crippen LogP contribution in [0.25, 0.3) is 11.4 Å². The first kappa shape index (κ1) is 15.0. The highest BCUT2D eigenvalue weighted by molar-refractivity contribution is 5.94. The van der Waals surface area contributed by atoms with E-state index in [1.54, 1.807) is 12.1 Å². The summed E-state index contributed by atoms with van der Waals surface area (Å²) < 4.78 is 5.19. The Bertz CT molecular complexity index is 822. The third-order valence-corrected chi connectivity index (χ3v) is 3.46. The van der Waals surface area contributed by atoms with Crippen LogP contribution in [0, 0.1) is 13.8 Å². The zero-order valence-electron chi connectivity index (χ0n) is 13.0. The summed E-state index contributed by atoms with van der Waals surface area (Å²) in [6.07, 6.45) is 0. The molecule has 1 N–H and O–H groups in total. The van der Waals surface area contributed by atoms with E-state index in [0.29, 0.717) is 17.3 Å². The van der Waals surface area contributed by atoms with Gasteiger partial charge in [-0.15, -0.1) is 0 Å². The number of aryl methyl sites for hydroxylation is 2. The first-order chi connectivity index (χ1) is 11.1. The number of benzene rings is 2. The van der Waals surface area contributed by atoms with Crippen LogP contribution >= 0.6 is 0 Å². The Morgan fingerprint density at radius 2 is 1.87 bits per heavy atom. The molecule has 1 aromatic heterocycles. The number of nitrogens with zero attached hydrogens (tertiary/aromatic N) is 2. The van der Waals surface area contributed by atoms with Gasteiger partial charge in [-0.1, -0.05) is 46.6 Å². The molecule has 0 unspecified atom stereocenters. The van der Waals surface area contributed by atoms with Gasteiger partial charge >= 0.3 is 0 Å². The van der Waals surface area contributed by atoms with Crippen LogP contribution in [0.1, 0.15) is 27.4 Å². The molecule has 0 aliphatic rings. The van der Waals surface area contributed by atoms with Crippen molar-refractivity contribution in [1.82, 2.24) is 15.5 Å². The molecule has 1 heterocycles. The fourth-order valence-corrected chi connectivity index (χ4v) is 2.19. The zero-order chi connectivity index (χ0) is 16.2. The third-order valence-electron chi connectivity index (χ3n) is 3.46. The first-order valence-electron chi connectivity index (χ1n) is 7.36. The fourth-order valence-electron chi connectivity index (χ4n) is 2.19. The number of hydrogen-bond acceptors (Lipinski definition) is 4. The molecule has 0 saturated carbocycles. The Labute approximate surface area is 134 Å². The minimum atomic E-state index is -0.166. The van der Waals surface area contributed by atoms with Crippen LogP contribution in [-0.2, 0) is 6.54 Å². The highest BCUT2D eigenvalue weighted by atomic mass is 16.5. The quantitative estimate of drug-likeness (QED) is 0.803. The van der Waals surface area contributed by atoms with E-state index in [9.17, 15) is 4.79 Å². The van der Waals surface area contributed by atoms with Crippen molar-refractivity contribution in [2.45, 2.75) is 20.4 Å². The lowest BCUT2D eigenvalue weighted by Gasteiger charge is -2.02. The van der Waals surface area contributed by atoms with E-state index >= 15 is 0 Å². The molecule has 0 aliphatic carbocycles. The van der Waals surface area contributed by atoms with Crippen LogP contribution in [0.3, 0.4) is 0 Å². The third kappa shape index (κ3) is 3.63. The highest BCUT2D eigenvalue weighted by Crippen LogP contribution is 2.16. The fraction of sp³-hybridized carbons (Fsp3) is 0.167. The summed E-state index contributed by atoms with van der Waals surface area (Å²) in [6.45, 7) is 4.19. The normalized spacial score (nSPS) is 10.5. The first-order valence-corrected chi connectivity index (χ1v) is 7.36. The number of rotatable bonds is 4. The maximum Gasteiger partial charge on any atom is 0.251 e. The average Bonchev–Trinajstić information content (AvgIpc) is 3.02. The van der Waals surface area contributed by atoms with Crippen molar-refractivity contribution in [3.8, 4) is 11.4 Å². The Balaban J connectivity index is 1.65. The summed E-state index contributed by atoms with van der Waals surface area (Å²) in [5, 5.41) is 6.73. The van der Waals surface area contributed by atoms with Crippen molar-refractivity contribution in [1.29, 1.82) is 0 Å². The predicted molar refractivity (Wildman–Crippen MR) is 86.8 cm³/mol. The van der Waals surface area contributed by atoms with Crippen LogP contribution in [0.5, 0.6) is 0 Å². The van der Waals surface area contributed by atoms with Gasteiger partial charge in [-0.3, -0.25) is 4.79 Å². The summed E-state index contributed by atoms with van der Waals surface area (Å²) in [7, 11) is 0. The predicted octanol–water partition coefficient (Wildman–Crippen LogP) is 3.28. The van der Waals surface area contributed by atoms with Crippen molar-refractivity contribution in [2.75, 3.05) is 0 Å². The Kier molecular flexibility index (Phi) is 4.19. The van der Waals surface area contributed by atoms with E-state index in [-0.39, 0.29) is 12.5 Å². The van der Waals surface area contributed by atoms with Crippen LogP contribution in [0.15, 0.2) is 53.1 Å². The van der Waals surface area contributed by atoms with Gasteiger partial charge in [0.05, 0.1) is 6.54 Å². The maximum atomic E-state index is 12.0. The summed E-state index contributed by atoms with van der Waals surface area (Å²) >= 11 is 0. The maximum absolute atomic E-state index is 12.0. The summed E-state index contributed by atoms with van der Waals surface area (Å²) in [4.78, 5) is 16.4. The van der Waals surface area contributed by atoms with Crippen LogP contribution in [0.2, 0.25) is 0 Å². The SMILES string of the molecule is Cc1ccc(C(=O)NCc2nc(-c3cccc(C)c3)no2)cc1. The van der Waals surface area contributed by atoms with Crippen molar-refractivity contribution in [2.24, 2.45) is 0 Å². The van der Waals surface area contributed by atoms with E-state index < -0.39 is 0 Å². The van der Waals surface area contributed by atoms with Gasteiger partial charge in [0.2, 0.25) is 11.7 Å². The number of carbonyl (C=O) groups is 1. The molecule has 5 heteroatoms. The monoisotopic (exact) mass is 307 g/mol. The van der Waals surface area contributed by atoms with Crippen molar-refractivity contribution >= 4 is 5.91 Å². The van der Waals surface area contributed by atoms with Gasteiger partial charge in [0.15, 0.2) is 0 Å². The molecule has 0 fully saturated rings. The van der Waals surface area contributed by atoms with Gasteiger partial charge < -0.3 is 9.84 Å². The van der Waals surface area contributed by atoms with Crippen molar-refractivity contribution < 1.29 is 9.32 Å². The lowest BCUT2D eigenvalue weighted by molar-refractivity contribution is 0.0946. The molecule has 5 nitrogen and oxygen atoms in total. The largest absolute Gasteiger partial charge is 0.343 e. The van der Waals surface area contributed by atoms with Crippen LogP contribution in [0.4, 0.5) is 0 Å². The molecule has 1 amide bonds. The van der Waals surface area contributed by atoms with Gasteiger partial charge in [0.1, 0.15) is 0 Å². The molecule has 2 aromatic carbocycles. The van der Waals surface area contributed by atoms with Gasteiger partial charge in [0.25, 0.3) is 5.91 Å². The van der Waals surface area contributed by atoms with Crippen molar-refractivity contribution in [3.63, 3.8) is 0 Å². The lowest BCUT2D eigenvalue weighted by atomic mass is 10.1. The van der Waals surface area contributed by atoms with E-state index in [0.717, 1.165) is 16.7 Å². The van der Waals surface area contributed by atoms with Gasteiger partial charge in [-0.25, -0.2) is 0 Å². The molecule has 3 rings (SSSR count). The van der Waals surface area contributed by atoms with E-state index in [4.69, 9.17) is 4.52 Å². The van der Waals surface area contributed by atoms with Crippen molar-refractivity contribution in [3.05, 3.63) is 71.1 Å². The second-order valence-electron chi connectivity index (χ2n) is 5.43. The van der Waals surface area contributed by atoms with Crippen LogP contribution < -0.4 is 5.32 Å². The topological polar surface area (TPSA) is 68.0 Å². The number of amides is 1. The molecular formula is C18H17N3O2. The van der Waals surface area contributed by atoms with E-state index in [1.165, 1.54) is 0 Å². The second-order valence-corrected chi connectivity index (χ2v) is 5.43. The van der Waals surface area contributed by atoms with Gasteiger partial charge in [-0.2, -0.15) is 4.98 Å². The zero-order valence-corrected chi connectivity index (χ0v) is 13.0. The molecule has 3 aromatic rings.